The van der Waals surface area contributed by atoms with E-state index in [0.717, 1.165) is 5.69 Å². The molecule has 0 aliphatic heterocycles. The molecule has 164 valence electrons. The number of esters is 1. The Bertz CT molecular complexity index is 1110. The number of methoxy groups -OCH3 is 1. The van der Waals surface area contributed by atoms with Crippen LogP contribution in [-0.2, 0) is 9.53 Å². The molecule has 0 unspecified atom stereocenters. The highest BCUT2D eigenvalue weighted by Crippen LogP contribution is 2.26. The molecule has 0 saturated carbocycles. The smallest absolute Gasteiger partial charge is 0.363 e. The lowest BCUT2D eigenvalue weighted by molar-refractivity contribution is -0.138. The SMILES string of the molecule is CCOC(=O)C(=C=C(C(=O)c1cccs1)c1ccccc1)N(CC)c1ccc(OC)cc1. The molecule has 32 heavy (non-hydrogen) atoms. The Hall–Kier alpha value is -3.60. The Morgan fingerprint density at radius 3 is 2.25 bits per heavy atom. The normalized spacial score (nSPS) is 10.1. The molecule has 1 aromatic heterocycles. The second kappa shape index (κ2) is 11.1. The molecule has 0 aliphatic rings. The number of carbonyl (C=O) groups excluding carboxylic acids is 2. The maximum absolute atomic E-state index is 13.4. The van der Waals surface area contributed by atoms with E-state index in [0.29, 0.717) is 28.3 Å². The van der Waals surface area contributed by atoms with Crippen LogP contribution in [0.25, 0.3) is 5.57 Å². The maximum atomic E-state index is 13.4. The second-order valence-corrected chi connectivity index (χ2v) is 7.63. The second-order valence-electron chi connectivity index (χ2n) is 6.68. The number of likely N-dealkylation sites (N-methyl/N-ethyl adjacent to an activating group) is 1. The predicted octanol–water partition coefficient (Wildman–Crippen LogP) is 5.60. The molecule has 0 amide bonds. The van der Waals surface area contributed by atoms with Gasteiger partial charge in [0.05, 0.1) is 24.2 Å². The number of benzene rings is 2. The van der Waals surface area contributed by atoms with Crippen molar-refractivity contribution in [1.82, 2.24) is 0 Å². The average Bonchev–Trinajstić information content (AvgIpc) is 3.37. The largest absolute Gasteiger partial charge is 0.497 e. The molecule has 0 saturated heterocycles. The first-order valence-corrected chi connectivity index (χ1v) is 11.2. The van der Waals surface area contributed by atoms with E-state index in [-0.39, 0.29) is 18.1 Å². The van der Waals surface area contributed by atoms with Crippen LogP contribution < -0.4 is 9.64 Å². The number of nitrogens with zero attached hydrogens (tertiary/aromatic N) is 1. The van der Waals surface area contributed by atoms with Crippen LogP contribution in [0.3, 0.4) is 0 Å². The van der Waals surface area contributed by atoms with Gasteiger partial charge in [0.25, 0.3) is 0 Å². The summed E-state index contributed by atoms with van der Waals surface area (Å²) in [7, 11) is 1.60. The molecule has 0 atom stereocenters. The van der Waals surface area contributed by atoms with Gasteiger partial charge in [-0.25, -0.2) is 4.79 Å². The van der Waals surface area contributed by atoms with Gasteiger partial charge < -0.3 is 14.4 Å². The van der Waals surface area contributed by atoms with Crippen LogP contribution in [0.4, 0.5) is 5.69 Å². The molecule has 3 rings (SSSR count). The number of thiophene rings is 1. The summed E-state index contributed by atoms with van der Waals surface area (Å²) in [5.41, 5.74) is 5.05. The first-order chi connectivity index (χ1) is 15.6. The zero-order chi connectivity index (χ0) is 22.9. The van der Waals surface area contributed by atoms with Crippen LogP contribution in [0.1, 0.15) is 29.1 Å². The molecule has 5 nitrogen and oxygen atoms in total. The highest BCUT2D eigenvalue weighted by atomic mass is 32.1. The van der Waals surface area contributed by atoms with Crippen molar-refractivity contribution in [1.29, 1.82) is 0 Å². The standard InChI is InChI=1S/C26H25NO4S/c1-4-27(20-13-15-21(30-3)16-14-20)23(26(29)31-5-2)18-22(19-10-7-6-8-11-19)25(28)24-12-9-17-32-24/h6-17H,4-5H2,1-3H3. The lowest BCUT2D eigenvalue weighted by Gasteiger charge is -2.23. The molecular formula is C26H25NO4S. The summed E-state index contributed by atoms with van der Waals surface area (Å²) >= 11 is 1.35. The van der Waals surface area contributed by atoms with Crippen LogP contribution in [0, 0.1) is 0 Å². The summed E-state index contributed by atoms with van der Waals surface area (Å²) in [6, 6.07) is 20.2. The minimum Gasteiger partial charge on any atom is -0.497 e. The Morgan fingerprint density at radius 2 is 1.69 bits per heavy atom. The van der Waals surface area contributed by atoms with Crippen molar-refractivity contribution in [3.8, 4) is 5.75 Å². The van der Waals surface area contributed by atoms with Gasteiger partial charge >= 0.3 is 5.97 Å². The van der Waals surface area contributed by atoms with Gasteiger partial charge in [-0.05, 0) is 55.1 Å². The Balaban J connectivity index is 2.25. The number of hydrogen-bond acceptors (Lipinski definition) is 6. The van der Waals surface area contributed by atoms with E-state index in [1.54, 1.807) is 25.0 Å². The Morgan fingerprint density at radius 1 is 0.969 bits per heavy atom. The molecule has 0 N–H and O–H groups in total. The van der Waals surface area contributed by atoms with Gasteiger partial charge in [0, 0.05) is 12.2 Å². The first-order valence-electron chi connectivity index (χ1n) is 10.3. The van der Waals surface area contributed by atoms with Gasteiger partial charge in [0.15, 0.2) is 5.70 Å². The fourth-order valence-electron chi connectivity index (χ4n) is 3.17. The highest BCUT2D eigenvalue weighted by molar-refractivity contribution is 7.12. The van der Waals surface area contributed by atoms with E-state index in [4.69, 9.17) is 9.47 Å². The van der Waals surface area contributed by atoms with Crippen LogP contribution in [0.2, 0.25) is 0 Å². The summed E-state index contributed by atoms with van der Waals surface area (Å²) in [5, 5.41) is 1.85. The van der Waals surface area contributed by atoms with Gasteiger partial charge in [-0.3, -0.25) is 4.79 Å². The van der Waals surface area contributed by atoms with Crippen molar-refractivity contribution < 1.29 is 19.1 Å². The number of Topliss-reactive ketones (excluding diaryl/α,β-unsaturated/α-hetero) is 1. The van der Waals surface area contributed by atoms with Crippen molar-refractivity contribution in [2.24, 2.45) is 0 Å². The van der Waals surface area contributed by atoms with Crippen LogP contribution >= 0.6 is 11.3 Å². The number of ketones is 1. The molecule has 2 aromatic carbocycles. The van der Waals surface area contributed by atoms with Crippen molar-refractivity contribution in [3.63, 3.8) is 0 Å². The first kappa shape index (κ1) is 23.1. The molecule has 0 radical (unpaired) electrons. The lowest BCUT2D eigenvalue weighted by atomic mass is 10.0. The molecule has 0 bridgehead atoms. The number of rotatable bonds is 9. The average molecular weight is 448 g/mol. The Labute approximate surface area is 192 Å². The molecule has 0 spiro atoms. The van der Waals surface area contributed by atoms with Gasteiger partial charge in [0.1, 0.15) is 5.75 Å². The van der Waals surface area contributed by atoms with Crippen molar-refractivity contribution in [3.05, 3.63) is 94.0 Å². The third kappa shape index (κ3) is 5.35. The van der Waals surface area contributed by atoms with Crippen molar-refractivity contribution in [2.75, 3.05) is 25.2 Å². The van der Waals surface area contributed by atoms with E-state index in [9.17, 15) is 9.59 Å². The molecule has 3 aromatic rings. The van der Waals surface area contributed by atoms with E-state index >= 15 is 0 Å². The summed E-state index contributed by atoms with van der Waals surface area (Å²) in [6.45, 7) is 4.36. The molecule has 0 fully saturated rings. The fraction of sp³-hybridized carbons (Fsp3) is 0.192. The van der Waals surface area contributed by atoms with Crippen molar-refractivity contribution >= 4 is 34.3 Å². The topological polar surface area (TPSA) is 55.8 Å². The zero-order valence-electron chi connectivity index (χ0n) is 18.3. The third-order valence-corrected chi connectivity index (χ3v) is 5.59. The summed E-state index contributed by atoms with van der Waals surface area (Å²) in [6.07, 6.45) is 0. The van der Waals surface area contributed by atoms with E-state index < -0.39 is 5.97 Å². The number of ether oxygens (including phenoxy) is 2. The molecule has 6 heteroatoms. The minimum atomic E-state index is -0.544. The zero-order valence-corrected chi connectivity index (χ0v) is 19.1. The quantitative estimate of drug-likeness (QED) is 0.185. The monoisotopic (exact) mass is 447 g/mol. The van der Waals surface area contributed by atoms with E-state index in [2.05, 4.69) is 5.73 Å². The molecule has 1 heterocycles. The van der Waals surface area contributed by atoms with Gasteiger partial charge in [-0.15, -0.1) is 11.3 Å². The van der Waals surface area contributed by atoms with Gasteiger partial charge in [-0.2, -0.15) is 0 Å². The maximum Gasteiger partial charge on any atom is 0.363 e. The predicted molar refractivity (Wildman–Crippen MR) is 128 cm³/mol. The molecule has 0 aliphatic carbocycles. The van der Waals surface area contributed by atoms with Crippen molar-refractivity contribution in [2.45, 2.75) is 13.8 Å². The highest BCUT2D eigenvalue weighted by Gasteiger charge is 2.22. The summed E-state index contributed by atoms with van der Waals surface area (Å²) in [4.78, 5) is 28.7. The van der Waals surface area contributed by atoms with E-state index in [1.165, 1.54) is 11.3 Å². The lowest BCUT2D eigenvalue weighted by Crippen LogP contribution is -2.28. The van der Waals surface area contributed by atoms with Crippen LogP contribution in [0.5, 0.6) is 5.75 Å². The third-order valence-electron chi connectivity index (χ3n) is 4.72. The Kier molecular flexibility index (Phi) is 8.03. The fourth-order valence-corrected chi connectivity index (χ4v) is 3.84. The number of hydrogen-bond donors (Lipinski definition) is 0. The number of carbonyl (C=O) groups is 2. The van der Waals surface area contributed by atoms with Gasteiger partial charge in [0.2, 0.25) is 5.78 Å². The summed E-state index contributed by atoms with van der Waals surface area (Å²) < 4.78 is 10.6. The number of anilines is 1. The summed E-state index contributed by atoms with van der Waals surface area (Å²) in [5.74, 6) is -0.0313. The van der Waals surface area contributed by atoms with Crippen LogP contribution in [-0.4, -0.2) is 32.0 Å². The minimum absolute atomic E-state index is 0.170. The van der Waals surface area contributed by atoms with Crippen LogP contribution in [0.15, 0.2) is 83.5 Å². The van der Waals surface area contributed by atoms with Gasteiger partial charge in [-0.1, -0.05) is 42.1 Å². The molecular weight excluding hydrogens is 422 g/mol. The van der Waals surface area contributed by atoms with E-state index in [1.807, 2.05) is 73.0 Å².